The summed E-state index contributed by atoms with van der Waals surface area (Å²) in [5.74, 6) is 0. The summed E-state index contributed by atoms with van der Waals surface area (Å²) in [4.78, 5) is -0.318. The first kappa shape index (κ1) is 13.3. The molecule has 0 aliphatic carbocycles. The summed E-state index contributed by atoms with van der Waals surface area (Å²) in [6.07, 6.45) is 7.51. The summed E-state index contributed by atoms with van der Waals surface area (Å²) in [6, 6.07) is 0. The third kappa shape index (κ3) is 8.63. The summed E-state index contributed by atoms with van der Waals surface area (Å²) >= 11 is 5.30. The van der Waals surface area contributed by atoms with E-state index in [1.54, 1.807) is 0 Å². The molecule has 0 saturated carbocycles. The topological polar surface area (TPSA) is 9.23 Å². The van der Waals surface area contributed by atoms with Crippen molar-refractivity contribution in [1.82, 2.24) is 0 Å². The van der Waals surface area contributed by atoms with Crippen molar-refractivity contribution >= 4 is 12.6 Å². The fourth-order valence-electron chi connectivity index (χ4n) is 1.43. The third-order valence-electron chi connectivity index (χ3n) is 2.18. The number of hydrogen-bond donors (Lipinski definition) is 0. The lowest BCUT2D eigenvalue weighted by Gasteiger charge is -2.36. The zero-order valence-corrected chi connectivity index (χ0v) is 10.1. The molecule has 13 heavy (non-hydrogen) atoms. The molecule has 0 aromatic carbocycles. The van der Waals surface area contributed by atoms with Crippen molar-refractivity contribution in [1.29, 1.82) is 0 Å². The zero-order valence-electron chi connectivity index (χ0n) is 9.27. The second kappa shape index (κ2) is 7.69. The average Bonchev–Trinajstić information content (AvgIpc) is 2.04. The Labute approximate surface area is 88.7 Å². The molecule has 1 unspecified atom stereocenters. The second-order valence-corrected chi connectivity index (χ2v) is 4.59. The van der Waals surface area contributed by atoms with Crippen LogP contribution in [-0.4, -0.2) is 11.5 Å². The van der Waals surface area contributed by atoms with Gasteiger partial charge in [0.05, 0.1) is 0 Å². The summed E-state index contributed by atoms with van der Waals surface area (Å²) in [6.45, 7) is 6.97. The van der Waals surface area contributed by atoms with Gasteiger partial charge in [0.15, 0.2) is 0 Å². The lowest BCUT2D eigenvalue weighted by Crippen LogP contribution is -2.25. The van der Waals surface area contributed by atoms with Crippen LogP contribution in [-0.2, 0) is 17.4 Å². The first-order chi connectivity index (χ1) is 6.12. The molecular formula is C11H23OS-. The molecule has 1 nitrogen and oxygen atoms in total. The van der Waals surface area contributed by atoms with E-state index in [9.17, 15) is 0 Å². The molecule has 0 rings (SSSR count). The quantitative estimate of drug-likeness (QED) is 0.440. The molecule has 0 amide bonds. The number of hydrogen-bond acceptors (Lipinski definition) is 2. The smallest absolute Gasteiger partial charge is 0.0418 e. The van der Waals surface area contributed by atoms with Crippen molar-refractivity contribution in [2.24, 2.45) is 0 Å². The molecule has 0 fully saturated rings. The van der Waals surface area contributed by atoms with Gasteiger partial charge in [-0.15, -0.1) is 0 Å². The van der Waals surface area contributed by atoms with Crippen LogP contribution in [0.5, 0.6) is 0 Å². The molecule has 0 aliphatic heterocycles. The van der Waals surface area contributed by atoms with E-state index < -0.39 is 0 Å². The monoisotopic (exact) mass is 203 g/mol. The summed E-state index contributed by atoms with van der Waals surface area (Å²) in [7, 11) is 0. The lowest BCUT2D eigenvalue weighted by atomic mass is 10.1. The highest BCUT2D eigenvalue weighted by atomic mass is 32.1. The first-order valence-corrected chi connectivity index (χ1v) is 5.87. The van der Waals surface area contributed by atoms with E-state index in [1.165, 1.54) is 32.1 Å². The Morgan fingerprint density at radius 2 is 1.69 bits per heavy atom. The van der Waals surface area contributed by atoms with Crippen LogP contribution in [0.3, 0.4) is 0 Å². The molecule has 0 radical (unpaired) electrons. The van der Waals surface area contributed by atoms with E-state index >= 15 is 0 Å². The van der Waals surface area contributed by atoms with E-state index in [4.69, 9.17) is 17.4 Å². The molecule has 0 N–H and O–H groups in total. The van der Waals surface area contributed by atoms with Crippen LogP contribution in [0.15, 0.2) is 0 Å². The molecule has 0 aromatic rings. The SMILES string of the molecule is CCCCCCCC(C)([S-])OCC. The van der Waals surface area contributed by atoms with Gasteiger partial charge in [-0.25, -0.2) is 0 Å². The average molecular weight is 203 g/mol. The van der Waals surface area contributed by atoms with Crippen molar-refractivity contribution < 1.29 is 4.74 Å². The van der Waals surface area contributed by atoms with E-state index in [1.807, 2.05) is 13.8 Å². The van der Waals surface area contributed by atoms with Gasteiger partial charge in [-0.05, 0) is 13.3 Å². The summed E-state index contributed by atoms with van der Waals surface area (Å²) in [5.41, 5.74) is 0. The molecule has 1 atom stereocenters. The van der Waals surface area contributed by atoms with Crippen LogP contribution in [0.4, 0.5) is 0 Å². The van der Waals surface area contributed by atoms with Gasteiger partial charge in [-0.2, -0.15) is 0 Å². The minimum Gasteiger partial charge on any atom is -0.758 e. The van der Waals surface area contributed by atoms with Crippen molar-refractivity contribution in [2.75, 3.05) is 6.61 Å². The standard InChI is InChI=1S/C11H24OS/c1-4-6-7-8-9-10-11(3,13)12-5-2/h13H,4-10H2,1-3H3/p-1. The highest BCUT2D eigenvalue weighted by Gasteiger charge is 2.06. The highest BCUT2D eigenvalue weighted by molar-refractivity contribution is 7.60. The molecule has 0 heterocycles. The predicted molar refractivity (Wildman–Crippen MR) is 60.8 cm³/mol. The van der Waals surface area contributed by atoms with Crippen molar-refractivity contribution in [3.05, 3.63) is 0 Å². The van der Waals surface area contributed by atoms with Gasteiger partial charge in [-0.3, -0.25) is 0 Å². The van der Waals surface area contributed by atoms with Crippen LogP contribution >= 0.6 is 0 Å². The normalized spacial score (nSPS) is 15.7. The van der Waals surface area contributed by atoms with E-state index in [0.717, 1.165) is 13.0 Å². The summed E-state index contributed by atoms with van der Waals surface area (Å²) < 4.78 is 5.45. The predicted octanol–water partition coefficient (Wildman–Crippen LogP) is 3.65. The minimum atomic E-state index is -0.318. The Balaban J connectivity index is 3.29. The van der Waals surface area contributed by atoms with Gasteiger partial charge < -0.3 is 17.4 Å². The zero-order chi connectivity index (χ0) is 10.2. The van der Waals surface area contributed by atoms with E-state index in [2.05, 4.69) is 6.92 Å². The molecule has 0 saturated heterocycles. The molecule has 2 heteroatoms. The Morgan fingerprint density at radius 3 is 2.23 bits per heavy atom. The van der Waals surface area contributed by atoms with E-state index in [0.29, 0.717) is 0 Å². The van der Waals surface area contributed by atoms with Gasteiger partial charge in [0.2, 0.25) is 0 Å². The van der Waals surface area contributed by atoms with Crippen LogP contribution in [0.2, 0.25) is 0 Å². The van der Waals surface area contributed by atoms with Crippen molar-refractivity contribution in [2.45, 2.75) is 64.2 Å². The number of rotatable bonds is 8. The fourth-order valence-corrected chi connectivity index (χ4v) is 1.69. The van der Waals surface area contributed by atoms with Crippen LogP contribution < -0.4 is 0 Å². The Kier molecular flexibility index (Phi) is 7.87. The van der Waals surface area contributed by atoms with Gasteiger partial charge in [0.1, 0.15) is 0 Å². The highest BCUT2D eigenvalue weighted by Crippen LogP contribution is 2.17. The largest absolute Gasteiger partial charge is 0.758 e. The minimum absolute atomic E-state index is 0.318. The molecule has 0 spiro atoms. The maximum atomic E-state index is 5.45. The van der Waals surface area contributed by atoms with Crippen LogP contribution in [0.1, 0.15) is 59.3 Å². The fraction of sp³-hybridized carbons (Fsp3) is 1.00. The third-order valence-corrected chi connectivity index (χ3v) is 2.51. The Morgan fingerprint density at radius 1 is 1.08 bits per heavy atom. The maximum absolute atomic E-state index is 5.45. The molecule has 0 aromatic heterocycles. The molecular weight excluding hydrogens is 180 g/mol. The van der Waals surface area contributed by atoms with Crippen LogP contribution in [0, 0.1) is 0 Å². The maximum Gasteiger partial charge on any atom is 0.0418 e. The molecule has 0 bridgehead atoms. The summed E-state index contributed by atoms with van der Waals surface area (Å²) in [5, 5.41) is 0. The van der Waals surface area contributed by atoms with Gasteiger partial charge in [-0.1, -0.05) is 50.9 Å². The molecule has 80 valence electrons. The number of unbranched alkanes of at least 4 members (excludes halogenated alkanes) is 4. The Bertz CT molecular complexity index is 113. The van der Waals surface area contributed by atoms with Gasteiger partial charge in [0, 0.05) is 6.61 Å². The van der Waals surface area contributed by atoms with Crippen molar-refractivity contribution in [3.8, 4) is 0 Å². The van der Waals surface area contributed by atoms with Gasteiger partial charge >= 0.3 is 0 Å². The van der Waals surface area contributed by atoms with Gasteiger partial charge in [0.25, 0.3) is 0 Å². The number of ether oxygens (including phenoxy) is 1. The molecule has 0 aliphatic rings. The Hall–Kier alpha value is 0.310. The van der Waals surface area contributed by atoms with E-state index in [-0.39, 0.29) is 4.93 Å². The lowest BCUT2D eigenvalue weighted by molar-refractivity contribution is 0.0411. The van der Waals surface area contributed by atoms with Crippen LogP contribution in [0.25, 0.3) is 0 Å². The first-order valence-electron chi connectivity index (χ1n) is 5.46. The second-order valence-electron chi connectivity index (χ2n) is 3.73. The van der Waals surface area contributed by atoms with Crippen molar-refractivity contribution in [3.63, 3.8) is 0 Å².